The van der Waals surface area contributed by atoms with Crippen molar-refractivity contribution in [2.75, 3.05) is 0 Å². The topological polar surface area (TPSA) is 42.2 Å². The van der Waals surface area contributed by atoms with Crippen molar-refractivity contribution in [2.45, 2.75) is 57.9 Å². The van der Waals surface area contributed by atoms with Gasteiger partial charge < -0.3 is 9.67 Å². The summed E-state index contributed by atoms with van der Waals surface area (Å²) in [6.07, 6.45) is 10.0. The van der Waals surface area contributed by atoms with Gasteiger partial charge >= 0.3 is 0 Å². The molecule has 0 aromatic carbocycles. The Morgan fingerprint density at radius 3 is 2.53 bits per heavy atom. The lowest BCUT2D eigenvalue weighted by Gasteiger charge is -2.22. The van der Waals surface area contributed by atoms with E-state index in [9.17, 15) is 9.90 Å². The van der Waals surface area contributed by atoms with Gasteiger partial charge in [0.25, 0.3) is 0 Å². The number of pyridine rings is 1. The Hall–Kier alpha value is -1.25. The molecule has 1 aliphatic rings. The summed E-state index contributed by atoms with van der Waals surface area (Å²) in [6.45, 7) is 1.99. The minimum absolute atomic E-state index is 0.0563. The van der Waals surface area contributed by atoms with Crippen molar-refractivity contribution in [3.05, 3.63) is 28.2 Å². The van der Waals surface area contributed by atoms with E-state index < -0.39 is 0 Å². The van der Waals surface area contributed by atoms with Crippen molar-refractivity contribution < 1.29 is 5.11 Å². The maximum Gasteiger partial charge on any atom is 0.223 e. The highest BCUT2D eigenvalue weighted by atomic mass is 16.3. The summed E-state index contributed by atoms with van der Waals surface area (Å²) in [5.74, 6) is -0.0563. The zero-order valence-corrected chi connectivity index (χ0v) is 10.5. The van der Waals surface area contributed by atoms with Gasteiger partial charge in [0, 0.05) is 18.3 Å². The van der Waals surface area contributed by atoms with E-state index in [1.807, 2.05) is 13.1 Å². The van der Waals surface area contributed by atoms with E-state index in [0.29, 0.717) is 12.5 Å². The third kappa shape index (κ3) is 2.54. The van der Waals surface area contributed by atoms with Crippen LogP contribution in [0.25, 0.3) is 0 Å². The van der Waals surface area contributed by atoms with E-state index in [1.54, 1.807) is 0 Å². The Bertz CT molecular complexity index is 428. The molecule has 2 rings (SSSR count). The molecular formula is C14H21NO2. The monoisotopic (exact) mass is 235 g/mol. The molecule has 0 atom stereocenters. The van der Waals surface area contributed by atoms with Crippen LogP contribution in [-0.2, 0) is 6.42 Å². The van der Waals surface area contributed by atoms with E-state index in [-0.39, 0.29) is 11.2 Å². The van der Waals surface area contributed by atoms with Gasteiger partial charge in [0.05, 0.1) is 5.69 Å². The highest BCUT2D eigenvalue weighted by molar-refractivity contribution is 5.27. The fourth-order valence-corrected chi connectivity index (χ4v) is 2.81. The molecule has 0 spiro atoms. The highest BCUT2D eigenvalue weighted by Crippen LogP contribution is 2.29. The standard InChI is InChI=1S/C14H21NO2/c1-2-12-14(17)13(16)9-10-15(12)11-7-5-3-4-6-8-11/h9-11,17H,2-8H2,1H3. The van der Waals surface area contributed by atoms with E-state index in [4.69, 9.17) is 0 Å². The van der Waals surface area contributed by atoms with Crippen LogP contribution >= 0.6 is 0 Å². The molecule has 1 saturated carbocycles. The molecule has 1 N–H and O–H groups in total. The zero-order chi connectivity index (χ0) is 12.3. The number of aromatic hydroxyl groups is 1. The summed E-state index contributed by atoms with van der Waals surface area (Å²) < 4.78 is 2.13. The number of nitrogens with zero attached hydrogens (tertiary/aromatic N) is 1. The Labute approximate surface area is 102 Å². The lowest BCUT2D eigenvalue weighted by atomic mass is 10.1. The first-order valence-electron chi connectivity index (χ1n) is 6.67. The molecule has 0 saturated heterocycles. The Kier molecular flexibility index (Phi) is 3.87. The van der Waals surface area contributed by atoms with Crippen LogP contribution in [-0.4, -0.2) is 9.67 Å². The van der Waals surface area contributed by atoms with Crippen molar-refractivity contribution in [3.8, 4) is 5.75 Å². The lowest BCUT2D eigenvalue weighted by molar-refractivity contribution is 0.401. The van der Waals surface area contributed by atoms with E-state index in [1.165, 1.54) is 31.7 Å². The van der Waals surface area contributed by atoms with Crippen LogP contribution in [0.4, 0.5) is 0 Å². The summed E-state index contributed by atoms with van der Waals surface area (Å²) in [5.41, 5.74) is 0.538. The smallest absolute Gasteiger partial charge is 0.223 e. The van der Waals surface area contributed by atoms with Crippen molar-refractivity contribution in [1.82, 2.24) is 4.57 Å². The number of aromatic nitrogens is 1. The molecule has 3 heteroatoms. The van der Waals surface area contributed by atoms with Gasteiger partial charge in [-0.05, 0) is 19.3 Å². The molecule has 1 aliphatic carbocycles. The molecule has 0 bridgehead atoms. The highest BCUT2D eigenvalue weighted by Gasteiger charge is 2.17. The molecule has 1 heterocycles. The third-order valence-corrected chi connectivity index (χ3v) is 3.76. The summed E-state index contributed by atoms with van der Waals surface area (Å²) in [4.78, 5) is 11.4. The first-order valence-corrected chi connectivity index (χ1v) is 6.67. The van der Waals surface area contributed by atoms with Crippen molar-refractivity contribution >= 4 is 0 Å². The van der Waals surface area contributed by atoms with E-state index in [2.05, 4.69) is 4.57 Å². The minimum atomic E-state index is -0.258. The summed E-state index contributed by atoms with van der Waals surface area (Å²) in [7, 11) is 0. The summed E-state index contributed by atoms with van der Waals surface area (Å²) in [6, 6.07) is 1.94. The second-order valence-corrected chi connectivity index (χ2v) is 4.88. The zero-order valence-electron chi connectivity index (χ0n) is 10.5. The van der Waals surface area contributed by atoms with Crippen LogP contribution in [0.3, 0.4) is 0 Å². The lowest BCUT2D eigenvalue weighted by Crippen LogP contribution is -2.17. The maximum absolute atomic E-state index is 11.4. The summed E-state index contributed by atoms with van der Waals surface area (Å²) in [5, 5.41) is 9.85. The number of hydrogen-bond donors (Lipinski definition) is 1. The number of rotatable bonds is 2. The average Bonchev–Trinajstić information content (AvgIpc) is 2.61. The summed E-state index contributed by atoms with van der Waals surface area (Å²) >= 11 is 0. The fourth-order valence-electron chi connectivity index (χ4n) is 2.81. The van der Waals surface area contributed by atoms with Crippen LogP contribution in [0.2, 0.25) is 0 Å². The molecule has 0 amide bonds. The molecule has 1 fully saturated rings. The van der Waals surface area contributed by atoms with Crippen LogP contribution in [0.5, 0.6) is 5.75 Å². The van der Waals surface area contributed by atoms with Crippen LogP contribution in [0.1, 0.15) is 57.2 Å². The van der Waals surface area contributed by atoms with Crippen molar-refractivity contribution in [3.63, 3.8) is 0 Å². The quantitative estimate of drug-likeness (QED) is 0.801. The van der Waals surface area contributed by atoms with Gasteiger partial charge in [-0.2, -0.15) is 0 Å². The van der Waals surface area contributed by atoms with Crippen LogP contribution in [0, 0.1) is 0 Å². The second-order valence-electron chi connectivity index (χ2n) is 4.88. The molecule has 94 valence electrons. The number of hydrogen-bond acceptors (Lipinski definition) is 2. The average molecular weight is 235 g/mol. The third-order valence-electron chi connectivity index (χ3n) is 3.76. The molecule has 0 aliphatic heterocycles. The normalized spacial score (nSPS) is 17.9. The van der Waals surface area contributed by atoms with Crippen molar-refractivity contribution in [2.24, 2.45) is 0 Å². The van der Waals surface area contributed by atoms with Crippen LogP contribution < -0.4 is 5.43 Å². The van der Waals surface area contributed by atoms with Crippen molar-refractivity contribution in [1.29, 1.82) is 0 Å². The van der Waals surface area contributed by atoms with Gasteiger partial charge in [-0.25, -0.2) is 0 Å². The molecule has 3 nitrogen and oxygen atoms in total. The fraction of sp³-hybridized carbons (Fsp3) is 0.643. The van der Waals surface area contributed by atoms with Gasteiger partial charge in [0.2, 0.25) is 5.43 Å². The molecule has 1 aromatic heterocycles. The predicted octanol–water partition coefficient (Wildman–Crippen LogP) is 3.01. The first-order chi connectivity index (χ1) is 8.24. The largest absolute Gasteiger partial charge is 0.503 e. The minimum Gasteiger partial charge on any atom is -0.503 e. The van der Waals surface area contributed by atoms with E-state index in [0.717, 1.165) is 18.5 Å². The van der Waals surface area contributed by atoms with Gasteiger partial charge in [-0.3, -0.25) is 4.79 Å². The Morgan fingerprint density at radius 1 is 1.29 bits per heavy atom. The van der Waals surface area contributed by atoms with Gasteiger partial charge in [0.15, 0.2) is 5.75 Å². The van der Waals surface area contributed by atoms with Crippen LogP contribution in [0.15, 0.2) is 17.1 Å². The molecule has 17 heavy (non-hydrogen) atoms. The molecule has 0 radical (unpaired) electrons. The maximum atomic E-state index is 11.4. The molecule has 1 aromatic rings. The van der Waals surface area contributed by atoms with Gasteiger partial charge in [0.1, 0.15) is 0 Å². The second kappa shape index (κ2) is 5.39. The Balaban J connectivity index is 2.36. The van der Waals surface area contributed by atoms with Gasteiger partial charge in [-0.1, -0.05) is 32.6 Å². The predicted molar refractivity (Wildman–Crippen MR) is 68.5 cm³/mol. The van der Waals surface area contributed by atoms with E-state index >= 15 is 0 Å². The first kappa shape index (κ1) is 12.2. The molecular weight excluding hydrogens is 214 g/mol. The van der Waals surface area contributed by atoms with Gasteiger partial charge in [-0.15, -0.1) is 0 Å². The Morgan fingerprint density at radius 2 is 1.94 bits per heavy atom. The molecule has 0 unspecified atom stereocenters. The SMILES string of the molecule is CCc1c(O)c(=O)ccn1C1CCCCCC1.